The molecule has 4 atom stereocenters. The lowest BCUT2D eigenvalue weighted by molar-refractivity contribution is 0.118. The molecule has 0 nitrogen and oxygen atoms in total. The highest BCUT2D eigenvalue weighted by atomic mass is 14.5. The zero-order chi connectivity index (χ0) is 19.2. The van der Waals surface area contributed by atoms with Crippen molar-refractivity contribution in [2.75, 3.05) is 0 Å². The first-order valence-electron chi connectivity index (χ1n) is 11.7. The van der Waals surface area contributed by atoms with Gasteiger partial charge in [-0.1, -0.05) is 65.2 Å². The van der Waals surface area contributed by atoms with Crippen molar-refractivity contribution in [2.24, 2.45) is 23.2 Å². The SMILES string of the molecule is Cc1c2c(cc3c1CC[C@]1(C)[C@@H]([C@H](C)CCCC(C)C)CC[C@@H]31)C=CCC2. The Morgan fingerprint density at radius 2 is 1.89 bits per heavy atom. The van der Waals surface area contributed by atoms with Gasteiger partial charge in [0.1, 0.15) is 0 Å². The second kappa shape index (κ2) is 7.41. The van der Waals surface area contributed by atoms with Gasteiger partial charge in [0, 0.05) is 0 Å². The van der Waals surface area contributed by atoms with Crippen molar-refractivity contribution in [3.63, 3.8) is 0 Å². The molecule has 0 aliphatic heterocycles. The maximum Gasteiger partial charge on any atom is -0.0102 e. The van der Waals surface area contributed by atoms with Gasteiger partial charge in [-0.3, -0.25) is 0 Å². The van der Waals surface area contributed by atoms with Crippen molar-refractivity contribution in [3.8, 4) is 0 Å². The number of rotatable bonds is 5. The normalized spacial score (nSPS) is 30.1. The maximum atomic E-state index is 2.65. The van der Waals surface area contributed by atoms with E-state index < -0.39 is 0 Å². The molecule has 4 rings (SSSR count). The van der Waals surface area contributed by atoms with E-state index in [1.807, 2.05) is 0 Å². The van der Waals surface area contributed by atoms with E-state index >= 15 is 0 Å². The van der Waals surface area contributed by atoms with Crippen LogP contribution in [0.25, 0.3) is 6.08 Å². The molecule has 0 aromatic heterocycles. The minimum absolute atomic E-state index is 0.531. The van der Waals surface area contributed by atoms with Gasteiger partial charge >= 0.3 is 0 Å². The molecule has 1 aromatic carbocycles. The topological polar surface area (TPSA) is 0 Å². The van der Waals surface area contributed by atoms with Gasteiger partial charge in [0.2, 0.25) is 0 Å². The number of hydrogen-bond donors (Lipinski definition) is 0. The van der Waals surface area contributed by atoms with Crippen LogP contribution in [0.5, 0.6) is 0 Å². The summed E-state index contributed by atoms with van der Waals surface area (Å²) in [6.45, 7) is 12.4. The van der Waals surface area contributed by atoms with Crippen LogP contribution in [0.1, 0.15) is 106 Å². The Kier molecular flexibility index (Phi) is 5.30. The monoisotopic (exact) mass is 364 g/mol. The molecule has 0 unspecified atom stereocenters. The highest BCUT2D eigenvalue weighted by Gasteiger charge is 2.51. The summed E-state index contributed by atoms with van der Waals surface area (Å²) in [6, 6.07) is 2.61. The summed E-state index contributed by atoms with van der Waals surface area (Å²) in [4.78, 5) is 0. The van der Waals surface area contributed by atoms with Crippen LogP contribution in [-0.2, 0) is 12.8 Å². The summed E-state index contributed by atoms with van der Waals surface area (Å²) in [5, 5.41) is 0. The standard InChI is InChI=1S/C27H40/c1-18(2)9-8-10-19(3)25-13-14-26-24-17-21-11-6-7-12-22(21)20(4)23(24)15-16-27(25,26)5/h6,11,17-19,25-26H,7-10,12-16H2,1-5H3/t19-,25-,26+,27-/m1/s1. The van der Waals surface area contributed by atoms with Gasteiger partial charge in [0.25, 0.3) is 0 Å². The first-order chi connectivity index (χ1) is 12.9. The lowest BCUT2D eigenvalue weighted by Gasteiger charge is -2.45. The zero-order valence-corrected chi connectivity index (χ0v) is 18.4. The van der Waals surface area contributed by atoms with Gasteiger partial charge in [-0.05, 0) is 102 Å². The Morgan fingerprint density at radius 1 is 1.07 bits per heavy atom. The second-order valence-corrected chi connectivity index (χ2v) is 10.6. The minimum atomic E-state index is 0.531. The fraction of sp³-hybridized carbons (Fsp3) is 0.704. The van der Waals surface area contributed by atoms with Gasteiger partial charge in [-0.15, -0.1) is 0 Å². The van der Waals surface area contributed by atoms with Crippen LogP contribution < -0.4 is 0 Å². The van der Waals surface area contributed by atoms with Crippen LogP contribution in [0.2, 0.25) is 0 Å². The van der Waals surface area contributed by atoms with E-state index in [1.54, 1.807) is 22.3 Å². The summed E-state index contributed by atoms with van der Waals surface area (Å²) in [5.74, 6) is 3.47. The largest absolute Gasteiger partial charge is 0.0836 e. The van der Waals surface area contributed by atoms with Crippen molar-refractivity contribution in [1.29, 1.82) is 0 Å². The van der Waals surface area contributed by atoms with Gasteiger partial charge in [0.15, 0.2) is 0 Å². The van der Waals surface area contributed by atoms with Crippen LogP contribution in [0.15, 0.2) is 12.1 Å². The zero-order valence-electron chi connectivity index (χ0n) is 18.4. The molecule has 3 aliphatic rings. The van der Waals surface area contributed by atoms with E-state index in [1.165, 1.54) is 63.4 Å². The van der Waals surface area contributed by atoms with Gasteiger partial charge in [0.05, 0.1) is 0 Å². The van der Waals surface area contributed by atoms with E-state index in [-0.39, 0.29) is 0 Å². The van der Waals surface area contributed by atoms with Crippen LogP contribution >= 0.6 is 0 Å². The number of hydrogen-bond acceptors (Lipinski definition) is 0. The molecule has 0 spiro atoms. The molecule has 148 valence electrons. The number of fused-ring (bicyclic) bond motifs is 4. The lowest BCUT2D eigenvalue weighted by Crippen LogP contribution is -2.35. The molecule has 27 heavy (non-hydrogen) atoms. The predicted octanol–water partition coefficient (Wildman–Crippen LogP) is 7.86. The van der Waals surface area contributed by atoms with E-state index in [4.69, 9.17) is 0 Å². The van der Waals surface area contributed by atoms with Crippen molar-refractivity contribution in [2.45, 2.75) is 98.3 Å². The summed E-state index contributed by atoms with van der Waals surface area (Å²) in [6.07, 6.45) is 17.1. The molecule has 0 heterocycles. The molecule has 0 heteroatoms. The lowest BCUT2D eigenvalue weighted by atomic mass is 9.60. The molecule has 0 radical (unpaired) electrons. The van der Waals surface area contributed by atoms with Crippen LogP contribution in [-0.4, -0.2) is 0 Å². The van der Waals surface area contributed by atoms with Crippen molar-refractivity contribution in [1.82, 2.24) is 0 Å². The molecule has 3 aliphatic carbocycles. The third-order valence-corrected chi connectivity index (χ3v) is 8.60. The quantitative estimate of drug-likeness (QED) is 0.498. The molecule has 1 fully saturated rings. The Hall–Kier alpha value is -1.04. The first kappa shape index (κ1) is 19.3. The fourth-order valence-corrected chi connectivity index (χ4v) is 7.03. The van der Waals surface area contributed by atoms with Gasteiger partial charge < -0.3 is 0 Å². The van der Waals surface area contributed by atoms with Crippen molar-refractivity contribution < 1.29 is 0 Å². The Bertz CT molecular complexity index is 722. The van der Waals surface area contributed by atoms with Crippen LogP contribution in [0, 0.1) is 30.1 Å². The molecule has 0 amide bonds. The molecule has 0 saturated heterocycles. The van der Waals surface area contributed by atoms with Crippen molar-refractivity contribution in [3.05, 3.63) is 40.0 Å². The van der Waals surface area contributed by atoms with Crippen LogP contribution in [0.4, 0.5) is 0 Å². The molecule has 1 aromatic rings. The molecular formula is C27H40. The van der Waals surface area contributed by atoms with Gasteiger partial charge in [-0.25, -0.2) is 0 Å². The Morgan fingerprint density at radius 3 is 2.67 bits per heavy atom. The Labute approximate surface area is 167 Å². The van der Waals surface area contributed by atoms with Gasteiger partial charge in [-0.2, -0.15) is 0 Å². The maximum absolute atomic E-state index is 2.65. The van der Waals surface area contributed by atoms with Crippen molar-refractivity contribution >= 4 is 6.08 Å². The smallest absolute Gasteiger partial charge is 0.0102 e. The molecule has 0 bridgehead atoms. The van der Waals surface area contributed by atoms with E-state index in [9.17, 15) is 0 Å². The average molecular weight is 365 g/mol. The summed E-state index contributed by atoms with van der Waals surface area (Å²) in [7, 11) is 0. The fourth-order valence-electron chi connectivity index (χ4n) is 7.03. The third kappa shape index (κ3) is 3.32. The minimum Gasteiger partial charge on any atom is -0.0836 e. The molecule has 0 N–H and O–H groups in total. The average Bonchev–Trinajstić information content (AvgIpc) is 2.99. The van der Waals surface area contributed by atoms with Crippen LogP contribution in [0.3, 0.4) is 0 Å². The number of allylic oxidation sites excluding steroid dienone is 1. The highest BCUT2D eigenvalue weighted by Crippen LogP contribution is 2.61. The summed E-state index contributed by atoms with van der Waals surface area (Å²) >= 11 is 0. The molecule has 1 saturated carbocycles. The third-order valence-electron chi connectivity index (χ3n) is 8.60. The summed E-state index contributed by atoms with van der Waals surface area (Å²) < 4.78 is 0. The summed E-state index contributed by atoms with van der Waals surface area (Å²) in [5.41, 5.74) is 8.83. The predicted molar refractivity (Wildman–Crippen MR) is 118 cm³/mol. The number of benzene rings is 1. The van der Waals surface area contributed by atoms with E-state index in [0.717, 1.165) is 23.7 Å². The van der Waals surface area contributed by atoms with E-state index in [2.05, 4.69) is 52.8 Å². The first-order valence-corrected chi connectivity index (χ1v) is 11.7. The molecular weight excluding hydrogens is 324 g/mol. The second-order valence-electron chi connectivity index (χ2n) is 10.6. The Balaban J connectivity index is 1.59. The highest BCUT2D eigenvalue weighted by molar-refractivity contribution is 5.63. The van der Waals surface area contributed by atoms with E-state index in [0.29, 0.717) is 5.41 Å².